The highest BCUT2D eigenvalue weighted by molar-refractivity contribution is 7.10. The second-order valence-corrected chi connectivity index (χ2v) is 4.38. The number of aryl methyl sites for hydroxylation is 1. The van der Waals surface area contributed by atoms with Crippen LogP contribution >= 0.6 is 11.3 Å². The van der Waals surface area contributed by atoms with Crippen LogP contribution in [-0.4, -0.2) is 29.1 Å². The van der Waals surface area contributed by atoms with Crippen molar-refractivity contribution in [1.82, 2.24) is 4.90 Å². The SMILES string of the molecule is C=CCN(CC(=O)O)Cc1sccc1C. The molecule has 1 heterocycles. The van der Waals surface area contributed by atoms with Crippen molar-refractivity contribution in [1.29, 1.82) is 0 Å². The first-order chi connectivity index (χ1) is 7.13. The van der Waals surface area contributed by atoms with Gasteiger partial charge in [0.05, 0.1) is 6.54 Å². The van der Waals surface area contributed by atoms with Gasteiger partial charge in [-0.2, -0.15) is 0 Å². The molecule has 4 heteroatoms. The highest BCUT2D eigenvalue weighted by Crippen LogP contribution is 2.17. The summed E-state index contributed by atoms with van der Waals surface area (Å²) in [4.78, 5) is 13.7. The lowest BCUT2D eigenvalue weighted by molar-refractivity contribution is -0.138. The van der Waals surface area contributed by atoms with Crippen molar-refractivity contribution >= 4 is 17.3 Å². The van der Waals surface area contributed by atoms with E-state index >= 15 is 0 Å². The van der Waals surface area contributed by atoms with E-state index in [0.717, 1.165) is 0 Å². The van der Waals surface area contributed by atoms with Crippen LogP contribution < -0.4 is 0 Å². The van der Waals surface area contributed by atoms with Gasteiger partial charge in [-0.25, -0.2) is 0 Å². The Bertz CT molecular complexity index is 346. The van der Waals surface area contributed by atoms with Gasteiger partial charge in [-0.15, -0.1) is 17.9 Å². The van der Waals surface area contributed by atoms with E-state index in [4.69, 9.17) is 5.11 Å². The molecule has 3 nitrogen and oxygen atoms in total. The van der Waals surface area contributed by atoms with E-state index in [1.165, 1.54) is 10.4 Å². The maximum Gasteiger partial charge on any atom is 0.317 e. The molecule has 0 saturated heterocycles. The Morgan fingerprint density at radius 2 is 2.47 bits per heavy atom. The highest BCUT2D eigenvalue weighted by Gasteiger charge is 2.10. The number of carboxylic acids is 1. The molecule has 1 aromatic heterocycles. The van der Waals surface area contributed by atoms with Crippen LogP contribution in [0.3, 0.4) is 0 Å². The lowest BCUT2D eigenvalue weighted by Crippen LogP contribution is -2.29. The first kappa shape index (κ1) is 11.9. The Morgan fingerprint density at radius 1 is 1.73 bits per heavy atom. The minimum atomic E-state index is -0.800. The summed E-state index contributed by atoms with van der Waals surface area (Å²) in [5, 5.41) is 10.8. The third-order valence-electron chi connectivity index (χ3n) is 2.08. The fourth-order valence-corrected chi connectivity index (χ4v) is 2.28. The summed E-state index contributed by atoms with van der Waals surface area (Å²) in [6.45, 7) is 7.01. The Balaban J connectivity index is 2.61. The number of rotatable bonds is 6. The molecule has 0 aliphatic carbocycles. The van der Waals surface area contributed by atoms with Crippen LogP contribution in [0.5, 0.6) is 0 Å². The van der Waals surface area contributed by atoms with Crippen LogP contribution in [0.2, 0.25) is 0 Å². The third-order valence-corrected chi connectivity index (χ3v) is 3.09. The maximum atomic E-state index is 10.6. The summed E-state index contributed by atoms with van der Waals surface area (Å²) in [5.74, 6) is -0.800. The minimum Gasteiger partial charge on any atom is -0.480 e. The zero-order valence-corrected chi connectivity index (χ0v) is 9.59. The zero-order chi connectivity index (χ0) is 11.3. The smallest absolute Gasteiger partial charge is 0.317 e. The van der Waals surface area contributed by atoms with Crippen molar-refractivity contribution in [3.05, 3.63) is 34.5 Å². The Labute approximate surface area is 93.7 Å². The van der Waals surface area contributed by atoms with E-state index in [1.54, 1.807) is 17.4 Å². The summed E-state index contributed by atoms with van der Waals surface area (Å²) in [6.07, 6.45) is 1.73. The van der Waals surface area contributed by atoms with Gasteiger partial charge in [-0.05, 0) is 23.9 Å². The van der Waals surface area contributed by atoms with Crippen LogP contribution in [0.1, 0.15) is 10.4 Å². The lowest BCUT2D eigenvalue weighted by atomic mass is 10.3. The molecule has 0 amide bonds. The first-order valence-electron chi connectivity index (χ1n) is 4.71. The summed E-state index contributed by atoms with van der Waals surface area (Å²) in [5.41, 5.74) is 1.22. The molecule has 15 heavy (non-hydrogen) atoms. The largest absolute Gasteiger partial charge is 0.480 e. The molecular weight excluding hydrogens is 210 g/mol. The molecular formula is C11H15NO2S. The summed E-state index contributed by atoms with van der Waals surface area (Å²) < 4.78 is 0. The van der Waals surface area contributed by atoms with Gasteiger partial charge in [0.1, 0.15) is 0 Å². The number of hydrogen-bond donors (Lipinski definition) is 1. The second-order valence-electron chi connectivity index (χ2n) is 3.38. The Hall–Kier alpha value is -1.13. The molecule has 1 rings (SSSR count). The molecule has 0 saturated carbocycles. The van der Waals surface area contributed by atoms with Crippen LogP contribution in [0.25, 0.3) is 0 Å². The van der Waals surface area contributed by atoms with Gasteiger partial charge in [-0.1, -0.05) is 6.08 Å². The normalized spacial score (nSPS) is 10.5. The van der Waals surface area contributed by atoms with E-state index in [9.17, 15) is 4.79 Å². The van der Waals surface area contributed by atoms with Crippen LogP contribution in [0.4, 0.5) is 0 Å². The number of hydrogen-bond acceptors (Lipinski definition) is 3. The number of carbonyl (C=O) groups is 1. The molecule has 0 unspecified atom stereocenters. The van der Waals surface area contributed by atoms with Crippen LogP contribution in [-0.2, 0) is 11.3 Å². The number of nitrogens with zero attached hydrogens (tertiary/aromatic N) is 1. The van der Waals surface area contributed by atoms with Gasteiger partial charge < -0.3 is 5.11 Å². The fourth-order valence-electron chi connectivity index (χ4n) is 1.33. The van der Waals surface area contributed by atoms with Crippen LogP contribution in [0.15, 0.2) is 24.1 Å². The standard InChI is InChI=1S/C11H15NO2S/c1-3-5-12(8-11(13)14)7-10-9(2)4-6-15-10/h3-4,6H,1,5,7-8H2,2H3,(H,13,14). The van der Waals surface area contributed by atoms with Crippen molar-refractivity contribution in [2.45, 2.75) is 13.5 Å². The van der Waals surface area contributed by atoms with E-state index < -0.39 is 5.97 Å². The van der Waals surface area contributed by atoms with Crippen molar-refractivity contribution in [3.8, 4) is 0 Å². The fraction of sp³-hybridized carbons (Fsp3) is 0.364. The summed E-state index contributed by atoms with van der Waals surface area (Å²) in [6, 6.07) is 2.05. The van der Waals surface area contributed by atoms with E-state index in [1.807, 2.05) is 23.3 Å². The molecule has 0 spiro atoms. The summed E-state index contributed by atoms with van der Waals surface area (Å²) in [7, 11) is 0. The Kier molecular flexibility index (Phi) is 4.52. The average Bonchev–Trinajstić information content (AvgIpc) is 2.51. The van der Waals surface area contributed by atoms with Crippen molar-refractivity contribution in [2.75, 3.05) is 13.1 Å². The summed E-state index contributed by atoms with van der Waals surface area (Å²) >= 11 is 1.66. The van der Waals surface area contributed by atoms with Gasteiger partial charge in [0.2, 0.25) is 0 Å². The monoisotopic (exact) mass is 225 g/mol. The second kappa shape index (κ2) is 5.68. The maximum absolute atomic E-state index is 10.6. The quantitative estimate of drug-likeness (QED) is 0.754. The van der Waals surface area contributed by atoms with E-state index in [0.29, 0.717) is 13.1 Å². The topological polar surface area (TPSA) is 40.5 Å². The molecule has 0 aliphatic heterocycles. The lowest BCUT2D eigenvalue weighted by Gasteiger charge is -2.17. The number of carboxylic acid groups (broad SMARTS) is 1. The first-order valence-corrected chi connectivity index (χ1v) is 5.59. The molecule has 0 atom stereocenters. The van der Waals surface area contributed by atoms with Crippen molar-refractivity contribution in [2.24, 2.45) is 0 Å². The minimum absolute atomic E-state index is 0.0589. The Morgan fingerprint density at radius 3 is 2.93 bits per heavy atom. The van der Waals surface area contributed by atoms with Gasteiger partial charge in [0.15, 0.2) is 0 Å². The van der Waals surface area contributed by atoms with Gasteiger partial charge in [-0.3, -0.25) is 9.69 Å². The third kappa shape index (κ3) is 3.85. The molecule has 1 aromatic rings. The van der Waals surface area contributed by atoms with E-state index in [2.05, 4.69) is 6.58 Å². The average molecular weight is 225 g/mol. The molecule has 0 aliphatic rings. The van der Waals surface area contributed by atoms with Crippen molar-refractivity contribution in [3.63, 3.8) is 0 Å². The molecule has 0 bridgehead atoms. The molecule has 0 radical (unpaired) electrons. The van der Waals surface area contributed by atoms with Gasteiger partial charge >= 0.3 is 5.97 Å². The zero-order valence-electron chi connectivity index (χ0n) is 8.77. The molecule has 82 valence electrons. The van der Waals surface area contributed by atoms with Gasteiger partial charge in [0, 0.05) is 18.0 Å². The van der Waals surface area contributed by atoms with Gasteiger partial charge in [0.25, 0.3) is 0 Å². The predicted molar refractivity (Wildman–Crippen MR) is 62.2 cm³/mol. The predicted octanol–water partition coefficient (Wildman–Crippen LogP) is 2.13. The van der Waals surface area contributed by atoms with E-state index in [-0.39, 0.29) is 6.54 Å². The number of aliphatic carboxylic acids is 1. The molecule has 0 fully saturated rings. The van der Waals surface area contributed by atoms with Crippen molar-refractivity contribution < 1.29 is 9.90 Å². The highest BCUT2D eigenvalue weighted by atomic mass is 32.1. The van der Waals surface area contributed by atoms with Crippen LogP contribution in [0, 0.1) is 6.92 Å². The molecule has 0 aromatic carbocycles. The molecule has 1 N–H and O–H groups in total. The number of thiophene rings is 1.